The normalized spacial score (nSPS) is 18.8. The number of thioether (sulfide) groups is 1. The topological polar surface area (TPSA) is 58.9 Å². The third-order valence-electron chi connectivity index (χ3n) is 7.21. The van der Waals surface area contributed by atoms with E-state index >= 15 is 0 Å². The molecular weight excluding hydrogens is 504 g/mol. The van der Waals surface area contributed by atoms with Gasteiger partial charge in [0.2, 0.25) is 0 Å². The summed E-state index contributed by atoms with van der Waals surface area (Å²) in [6.45, 7) is 3.89. The molecule has 0 fully saturated rings. The van der Waals surface area contributed by atoms with Gasteiger partial charge in [0, 0.05) is 29.9 Å². The van der Waals surface area contributed by atoms with Gasteiger partial charge in [-0.25, -0.2) is 0 Å². The van der Waals surface area contributed by atoms with Crippen LogP contribution in [0.1, 0.15) is 54.4 Å². The molecule has 3 aromatic rings. The Morgan fingerprint density at radius 3 is 2.41 bits per heavy atom. The van der Waals surface area contributed by atoms with Crippen molar-refractivity contribution in [3.05, 3.63) is 89.0 Å². The highest BCUT2D eigenvalue weighted by Gasteiger charge is 2.42. The lowest BCUT2D eigenvalue weighted by atomic mass is 9.66. The van der Waals surface area contributed by atoms with Crippen LogP contribution in [0, 0.1) is 0 Å². The quantitative estimate of drug-likeness (QED) is 0.174. The Kier molecular flexibility index (Phi) is 10.1. The van der Waals surface area contributed by atoms with Crippen LogP contribution in [-0.4, -0.2) is 40.8 Å². The summed E-state index contributed by atoms with van der Waals surface area (Å²) in [6, 6.07) is 21.5. The van der Waals surface area contributed by atoms with Gasteiger partial charge >= 0.3 is 0 Å². The van der Waals surface area contributed by atoms with E-state index in [1.54, 1.807) is 24.3 Å². The summed E-state index contributed by atoms with van der Waals surface area (Å²) >= 11 is 7.72. The average molecular weight is 541 g/mol. The Balaban J connectivity index is 1.33. The van der Waals surface area contributed by atoms with Gasteiger partial charge in [-0.15, -0.1) is 11.6 Å². The molecule has 1 aliphatic heterocycles. The van der Waals surface area contributed by atoms with E-state index in [1.807, 2.05) is 30.0 Å². The first kappa shape index (κ1) is 27.7. The first-order valence-corrected chi connectivity index (χ1v) is 14.7. The second-order valence-electron chi connectivity index (χ2n) is 9.94. The number of phenols is 2. The minimum atomic E-state index is -0.287. The van der Waals surface area contributed by atoms with E-state index < -0.39 is 0 Å². The van der Waals surface area contributed by atoms with Gasteiger partial charge < -0.3 is 19.7 Å². The second-order valence-corrected chi connectivity index (χ2v) is 11.5. The Morgan fingerprint density at radius 1 is 0.946 bits per heavy atom. The van der Waals surface area contributed by atoms with Crippen molar-refractivity contribution in [3.8, 4) is 17.2 Å². The number of fused-ring (bicyclic) bond motifs is 1. The molecule has 37 heavy (non-hydrogen) atoms. The molecule has 4 rings (SSSR count). The number of aromatic hydroxyl groups is 2. The molecule has 0 unspecified atom stereocenters. The van der Waals surface area contributed by atoms with Crippen molar-refractivity contribution in [1.29, 1.82) is 0 Å². The molecule has 6 heteroatoms. The summed E-state index contributed by atoms with van der Waals surface area (Å²) in [6.07, 6.45) is 4.19. The van der Waals surface area contributed by atoms with Crippen molar-refractivity contribution in [2.75, 3.05) is 30.6 Å². The minimum Gasteiger partial charge on any atom is -0.508 e. The second kappa shape index (κ2) is 13.5. The van der Waals surface area contributed by atoms with Crippen molar-refractivity contribution in [2.45, 2.75) is 50.5 Å². The lowest BCUT2D eigenvalue weighted by molar-refractivity contribution is 0.0916. The fourth-order valence-electron chi connectivity index (χ4n) is 5.04. The van der Waals surface area contributed by atoms with E-state index in [0.717, 1.165) is 47.8 Å². The highest BCUT2D eigenvalue weighted by molar-refractivity contribution is 7.99. The number of ether oxygens (including phenoxy) is 2. The van der Waals surface area contributed by atoms with Crippen molar-refractivity contribution in [1.82, 2.24) is 0 Å². The van der Waals surface area contributed by atoms with Gasteiger partial charge in [-0.2, -0.15) is 11.8 Å². The van der Waals surface area contributed by atoms with Gasteiger partial charge in [0.05, 0.1) is 13.2 Å². The predicted octanol–water partition coefficient (Wildman–Crippen LogP) is 7.43. The van der Waals surface area contributed by atoms with Crippen LogP contribution in [0.15, 0.2) is 66.7 Å². The molecule has 0 bridgehead atoms. The zero-order valence-electron chi connectivity index (χ0n) is 21.5. The Morgan fingerprint density at radius 2 is 1.65 bits per heavy atom. The summed E-state index contributed by atoms with van der Waals surface area (Å²) in [7, 11) is 0. The Bertz CT molecular complexity index is 1120. The SMILES string of the molecule is C[C@]1(c2ccc(O)cc2)COc2cc(O)ccc2[C@H]1CCOCc1ccc(CCCSCCCCl)cc1. The molecule has 0 amide bonds. The summed E-state index contributed by atoms with van der Waals surface area (Å²) in [4.78, 5) is 0. The van der Waals surface area contributed by atoms with Crippen LogP contribution in [0.25, 0.3) is 0 Å². The zero-order chi connectivity index (χ0) is 26.1. The number of halogens is 1. The molecule has 0 saturated carbocycles. The summed E-state index contributed by atoms with van der Waals surface area (Å²) < 4.78 is 12.2. The number of benzene rings is 3. The van der Waals surface area contributed by atoms with E-state index in [9.17, 15) is 10.2 Å². The first-order valence-electron chi connectivity index (χ1n) is 13.0. The predicted molar refractivity (Wildman–Crippen MR) is 153 cm³/mol. The first-order chi connectivity index (χ1) is 18.0. The number of phenolic OH excluding ortho intramolecular Hbond substituents is 2. The van der Waals surface area contributed by atoms with Crippen molar-refractivity contribution in [3.63, 3.8) is 0 Å². The van der Waals surface area contributed by atoms with Crippen molar-refractivity contribution >= 4 is 23.4 Å². The van der Waals surface area contributed by atoms with Crippen molar-refractivity contribution in [2.24, 2.45) is 0 Å². The molecule has 3 aromatic carbocycles. The molecule has 2 atom stereocenters. The molecule has 0 spiro atoms. The molecule has 4 nitrogen and oxygen atoms in total. The van der Waals surface area contributed by atoms with Crippen LogP contribution in [0.4, 0.5) is 0 Å². The fourth-order valence-corrected chi connectivity index (χ4v) is 6.23. The molecule has 0 saturated heterocycles. The van der Waals surface area contributed by atoms with Gasteiger partial charge in [-0.1, -0.05) is 49.4 Å². The maximum atomic E-state index is 9.97. The van der Waals surface area contributed by atoms with Crippen LogP contribution in [-0.2, 0) is 23.2 Å². The summed E-state index contributed by atoms with van der Waals surface area (Å²) in [5.41, 5.74) is 4.45. The standard InChI is InChI=1S/C31H37ClO4S/c1-31(25-9-11-26(33)12-10-25)22-36-30-20-27(34)13-14-28(30)29(31)15-17-35-21-24-7-5-23(6-8-24)4-2-18-37-19-3-16-32/h5-14,20,29,33-34H,2-4,15-19,21-22H2,1H3/t29-,31-/m1/s1. The molecule has 1 heterocycles. The Labute approximate surface area is 230 Å². The maximum Gasteiger partial charge on any atom is 0.126 e. The van der Waals surface area contributed by atoms with E-state index in [4.69, 9.17) is 21.1 Å². The van der Waals surface area contributed by atoms with Gasteiger partial charge in [-0.3, -0.25) is 0 Å². The highest BCUT2D eigenvalue weighted by Crippen LogP contribution is 2.49. The molecule has 0 aliphatic carbocycles. The van der Waals surface area contributed by atoms with Crippen LogP contribution < -0.4 is 4.74 Å². The zero-order valence-corrected chi connectivity index (χ0v) is 23.1. The molecule has 1 aliphatic rings. The molecule has 0 radical (unpaired) electrons. The van der Waals surface area contributed by atoms with Crippen LogP contribution in [0.3, 0.4) is 0 Å². The highest BCUT2D eigenvalue weighted by atomic mass is 35.5. The van der Waals surface area contributed by atoms with Crippen LogP contribution in [0.5, 0.6) is 17.2 Å². The van der Waals surface area contributed by atoms with E-state index in [1.165, 1.54) is 23.3 Å². The monoisotopic (exact) mass is 540 g/mol. The third kappa shape index (κ3) is 7.37. The lowest BCUT2D eigenvalue weighted by Gasteiger charge is -2.43. The largest absolute Gasteiger partial charge is 0.508 e. The van der Waals surface area contributed by atoms with Gasteiger partial charge in [0.15, 0.2) is 0 Å². The van der Waals surface area contributed by atoms with Gasteiger partial charge in [0.1, 0.15) is 17.2 Å². The number of rotatable bonds is 13. The Hall–Kier alpha value is -2.34. The smallest absolute Gasteiger partial charge is 0.126 e. The van der Waals surface area contributed by atoms with E-state index in [2.05, 4.69) is 31.2 Å². The van der Waals surface area contributed by atoms with Gasteiger partial charge in [0.25, 0.3) is 0 Å². The number of alkyl halides is 1. The fraction of sp³-hybridized carbons (Fsp3) is 0.419. The molecule has 2 N–H and O–H groups in total. The minimum absolute atomic E-state index is 0.145. The van der Waals surface area contributed by atoms with Crippen molar-refractivity contribution < 1.29 is 19.7 Å². The van der Waals surface area contributed by atoms with Crippen LogP contribution >= 0.6 is 23.4 Å². The molecular formula is C31H37ClO4S. The lowest BCUT2D eigenvalue weighted by Crippen LogP contribution is -2.40. The summed E-state index contributed by atoms with van der Waals surface area (Å²) in [5.74, 6) is 4.41. The average Bonchev–Trinajstić information content (AvgIpc) is 2.91. The third-order valence-corrected chi connectivity index (χ3v) is 8.64. The summed E-state index contributed by atoms with van der Waals surface area (Å²) in [5, 5.41) is 19.8. The number of hydrogen-bond donors (Lipinski definition) is 2. The van der Waals surface area contributed by atoms with Crippen LogP contribution in [0.2, 0.25) is 0 Å². The van der Waals surface area contributed by atoms with E-state index in [-0.39, 0.29) is 22.8 Å². The van der Waals surface area contributed by atoms with Gasteiger partial charge in [-0.05, 0) is 77.6 Å². The maximum absolute atomic E-state index is 9.97. The number of hydrogen-bond acceptors (Lipinski definition) is 5. The molecule has 198 valence electrons. The van der Waals surface area contributed by atoms with E-state index in [0.29, 0.717) is 19.8 Å². The molecule has 0 aromatic heterocycles. The number of aryl methyl sites for hydroxylation is 1.